The number of anilines is 1. The second-order valence-corrected chi connectivity index (χ2v) is 5.99. The van der Waals surface area contributed by atoms with Crippen LogP contribution in [0.25, 0.3) is 0 Å². The number of aliphatic imine (C=N–C) groups is 1. The Bertz CT molecular complexity index is 481. The summed E-state index contributed by atoms with van der Waals surface area (Å²) < 4.78 is 0. The van der Waals surface area contributed by atoms with Crippen LogP contribution in [-0.2, 0) is 6.54 Å². The van der Waals surface area contributed by atoms with E-state index < -0.39 is 0 Å². The SMILES string of the molecule is CN=C(NCc1ccnc(N(C)C)c1)N1CCC(C)CC1.I. The third-order valence-electron chi connectivity index (χ3n) is 4.01. The molecular formula is C16H28IN5. The lowest BCUT2D eigenvalue weighted by Crippen LogP contribution is -2.45. The lowest BCUT2D eigenvalue weighted by Gasteiger charge is -2.33. The Kier molecular flexibility index (Phi) is 7.92. The number of aromatic nitrogens is 1. The van der Waals surface area contributed by atoms with Gasteiger partial charge < -0.3 is 15.1 Å². The van der Waals surface area contributed by atoms with Crippen molar-refractivity contribution < 1.29 is 0 Å². The number of nitrogens with one attached hydrogen (secondary N) is 1. The van der Waals surface area contributed by atoms with Crippen molar-refractivity contribution in [2.45, 2.75) is 26.3 Å². The van der Waals surface area contributed by atoms with Gasteiger partial charge in [0.25, 0.3) is 0 Å². The normalized spacial score (nSPS) is 16.2. The van der Waals surface area contributed by atoms with E-state index in [1.54, 1.807) is 0 Å². The average molecular weight is 417 g/mol. The van der Waals surface area contributed by atoms with Crippen molar-refractivity contribution in [1.29, 1.82) is 0 Å². The lowest BCUT2D eigenvalue weighted by molar-refractivity contribution is 0.273. The Morgan fingerprint density at radius 2 is 2.09 bits per heavy atom. The van der Waals surface area contributed by atoms with Gasteiger partial charge >= 0.3 is 0 Å². The van der Waals surface area contributed by atoms with E-state index in [9.17, 15) is 0 Å². The van der Waals surface area contributed by atoms with Gasteiger partial charge in [-0.3, -0.25) is 4.99 Å². The van der Waals surface area contributed by atoms with Crippen LogP contribution in [0.4, 0.5) is 5.82 Å². The highest BCUT2D eigenvalue weighted by atomic mass is 127. The van der Waals surface area contributed by atoms with Crippen molar-refractivity contribution in [1.82, 2.24) is 15.2 Å². The Labute approximate surface area is 151 Å². The number of pyridine rings is 1. The number of hydrogen-bond donors (Lipinski definition) is 1. The molecule has 1 aromatic heterocycles. The first kappa shape index (κ1) is 19.0. The van der Waals surface area contributed by atoms with Gasteiger partial charge in [0, 0.05) is 47.0 Å². The van der Waals surface area contributed by atoms with Gasteiger partial charge in [0.05, 0.1) is 0 Å². The minimum atomic E-state index is 0. The Hall–Kier alpha value is -1.05. The van der Waals surface area contributed by atoms with Crippen molar-refractivity contribution in [3.05, 3.63) is 23.9 Å². The molecule has 5 nitrogen and oxygen atoms in total. The molecule has 2 heterocycles. The molecule has 0 amide bonds. The molecule has 1 fully saturated rings. The number of piperidine rings is 1. The fourth-order valence-corrected chi connectivity index (χ4v) is 2.55. The van der Waals surface area contributed by atoms with E-state index >= 15 is 0 Å². The van der Waals surface area contributed by atoms with E-state index in [1.807, 2.05) is 38.3 Å². The van der Waals surface area contributed by atoms with Crippen molar-refractivity contribution in [2.24, 2.45) is 10.9 Å². The predicted molar refractivity (Wildman–Crippen MR) is 104 cm³/mol. The number of nitrogens with zero attached hydrogens (tertiary/aromatic N) is 4. The van der Waals surface area contributed by atoms with Crippen LogP contribution >= 0.6 is 24.0 Å². The summed E-state index contributed by atoms with van der Waals surface area (Å²) in [6.07, 6.45) is 4.36. The summed E-state index contributed by atoms with van der Waals surface area (Å²) >= 11 is 0. The summed E-state index contributed by atoms with van der Waals surface area (Å²) in [6, 6.07) is 4.16. The van der Waals surface area contributed by atoms with Gasteiger partial charge in [-0.25, -0.2) is 4.98 Å². The molecule has 0 radical (unpaired) electrons. The van der Waals surface area contributed by atoms with Gasteiger partial charge in [-0.2, -0.15) is 0 Å². The van der Waals surface area contributed by atoms with E-state index in [0.29, 0.717) is 0 Å². The standard InChI is InChI=1S/C16H27N5.HI/c1-13-6-9-21(10-7-13)16(17-2)19-12-14-5-8-18-15(11-14)20(3)4;/h5,8,11,13H,6-7,9-10,12H2,1-4H3,(H,17,19);1H. The zero-order valence-electron chi connectivity index (χ0n) is 14.0. The molecule has 0 bridgehead atoms. The molecule has 0 atom stereocenters. The van der Waals surface area contributed by atoms with Gasteiger partial charge in [0.2, 0.25) is 0 Å². The highest BCUT2D eigenvalue weighted by Gasteiger charge is 2.18. The molecule has 0 spiro atoms. The number of likely N-dealkylation sites (tertiary alicyclic amines) is 1. The largest absolute Gasteiger partial charge is 0.363 e. The van der Waals surface area contributed by atoms with Gasteiger partial charge in [0.1, 0.15) is 5.82 Å². The minimum absolute atomic E-state index is 0. The zero-order valence-corrected chi connectivity index (χ0v) is 16.4. The van der Waals surface area contributed by atoms with Crippen molar-refractivity contribution in [3.8, 4) is 0 Å². The van der Waals surface area contributed by atoms with Crippen LogP contribution in [0.15, 0.2) is 23.3 Å². The number of rotatable bonds is 3. The number of hydrogen-bond acceptors (Lipinski definition) is 3. The van der Waals surface area contributed by atoms with Gasteiger partial charge in [-0.1, -0.05) is 6.92 Å². The van der Waals surface area contributed by atoms with Crippen LogP contribution in [0.3, 0.4) is 0 Å². The minimum Gasteiger partial charge on any atom is -0.363 e. The molecule has 1 saturated heterocycles. The number of halogens is 1. The molecule has 0 aromatic carbocycles. The quantitative estimate of drug-likeness (QED) is 0.467. The van der Waals surface area contributed by atoms with E-state index in [0.717, 1.165) is 37.3 Å². The van der Waals surface area contributed by atoms with Crippen LogP contribution in [0.1, 0.15) is 25.3 Å². The summed E-state index contributed by atoms with van der Waals surface area (Å²) in [4.78, 5) is 13.1. The molecule has 1 aromatic rings. The summed E-state index contributed by atoms with van der Waals surface area (Å²) in [5.41, 5.74) is 1.22. The summed E-state index contributed by atoms with van der Waals surface area (Å²) in [5.74, 6) is 2.82. The highest BCUT2D eigenvalue weighted by molar-refractivity contribution is 14.0. The fraction of sp³-hybridized carbons (Fsp3) is 0.625. The zero-order chi connectivity index (χ0) is 15.2. The molecular weight excluding hydrogens is 389 g/mol. The molecule has 124 valence electrons. The first-order valence-corrected chi connectivity index (χ1v) is 7.68. The van der Waals surface area contributed by atoms with Gasteiger partial charge in [0.15, 0.2) is 5.96 Å². The van der Waals surface area contributed by atoms with Gasteiger partial charge in [-0.15, -0.1) is 24.0 Å². The molecule has 6 heteroatoms. The van der Waals surface area contributed by atoms with Crippen LogP contribution < -0.4 is 10.2 Å². The number of guanidine groups is 1. The molecule has 22 heavy (non-hydrogen) atoms. The summed E-state index contributed by atoms with van der Waals surface area (Å²) in [7, 11) is 5.87. The van der Waals surface area contributed by atoms with E-state index in [2.05, 4.69) is 33.2 Å². The Balaban J connectivity index is 0.00000242. The summed E-state index contributed by atoms with van der Waals surface area (Å²) in [5, 5.41) is 3.47. The van der Waals surface area contributed by atoms with Crippen LogP contribution in [0.2, 0.25) is 0 Å². The van der Waals surface area contributed by atoms with Crippen molar-refractivity contribution in [3.63, 3.8) is 0 Å². The third kappa shape index (κ3) is 5.30. The second-order valence-electron chi connectivity index (χ2n) is 5.99. The fourth-order valence-electron chi connectivity index (χ4n) is 2.55. The molecule has 1 aliphatic heterocycles. The van der Waals surface area contributed by atoms with Crippen LogP contribution in [0, 0.1) is 5.92 Å². The monoisotopic (exact) mass is 417 g/mol. The maximum atomic E-state index is 4.41. The Morgan fingerprint density at radius 1 is 1.41 bits per heavy atom. The Morgan fingerprint density at radius 3 is 2.68 bits per heavy atom. The van der Waals surface area contributed by atoms with E-state index in [4.69, 9.17) is 0 Å². The first-order chi connectivity index (χ1) is 10.1. The maximum absolute atomic E-state index is 4.41. The molecule has 1 aliphatic rings. The third-order valence-corrected chi connectivity index (χ3v) is 4.01. The van der Waals surface area contributed by atoms with Gasteiger partial charge in [-0.05, 0) is 36.5 Å². The summed E-state index contributed by atoms with van der Waals surface area (Å²) in [6.45, 7) is 5.30. The molecule has 0 unspecified atom stereocenters. The van der Waals surface area contributed by atoms with E-state index in [-0.39, 0.29) is 24.0 Å². The van der Waals surface area contributed by atoms with Crippen LogP contribution in [0.5, 0.6) is 0 Å². The highest BCUT2D eigenvalue weighted by Crippen LogP contribution is 2.16. The molecule has 0 aliphatic carbocycles. The smallest absolute Gasteiger partial charge is 0.193 e. The second kappa shape index (κ2) is 9.17. The molecule has 0 saturated carbocycles. The molecule has 2 rings (SSSR count). The van der Waals surface area contributed by atoms with E-state index in [1.165, 1.54) is 18.4 Å². The van der Waals surface area contributed by atoms with Crippen molar-refractivity contribution >= 4 is 35.8 Å². The first-order valence-electron chi connectivity index (χ1n) is 7.68. The lowest BCUT2D eigenvalue weighted by atomic mass is 10.00. The predicted octanol–water partition coefficient (Wildman–Crippen LogP) is 2.57. The topological polar surface area (TPSA) is 43.8 Å². The van der Waals surface area contributed by atoms with Crippen LogP contribution in [-0.4, -0.2) is 50.1 Å². The molecule has 1 N–H and O–H groups in total. The average Bonchev–Trinajstić information content (AvgIpc) is 2.50. The van der Waals surface area contributed by atoms with Crippen molar-refractivity contribution in [2.75, 3.05) is 39.1 Å². The maximum Gasteiger partial charge on any atom is 0.193 e.